The molecule has 0 amide bonds. The third kappa shape index (κ3) is 3.21. The summed E-state index contributed by atoms with van der Waals surface area (Å²) in [5.74, 6) is 0.587. The lowest BCUT2D eigenvalue weighted by Crippen LogP contribution is -2.28. The van der Waals surface area contributed by atoms with E-state index in [1.54, 1.807) is 0 Å². The molecule has 3 rings (SSSR count). The van der Waals surface area contributed by atoms with Crippen molar-refractivity contribution in [2.45, 2.75) is 25.2 Å². The second-order valence-electron chi connectivity index (χ2n) is 5.26. The van der Waals surface area contributed by atoms with Crippen LogP contribution in [-0.2, 0) is 6.42 Å². The Morgan fingerprint density at radius 2 is 1.95 bits per heavy atom. The van der Waals surface area contributed by atoms with E-state index in [-0.39, 0.29) is 0 Å². The first kappa shape index (κ1) is 12.4. The van der Waals surface area contributed by atoms with Crippen LogP contribution in [0.15, 0.2) is 48.5 Å². The summed E-state index contributed by atoms with van der Waals surface area (Å²) in [6, 6.07) is 17.0. The molecular weight excluding hydrogens is 232 g/mol. The van der Waals surface area contributed by atoms with E-state index in [0.717, 1.165) is 19.5 Å². The van der Waals surface area contributed by atoms with Crippen molar-refractivity contribution in [1.82, 2.24) is 10.3 Å². The Kier molecular flexibility index (Phi) is 3.89. The van der Waals surface area contributed by atoms with Crippen LogP contribution >= 0.6 is 0 Å². The molecule has 2 heterocycles. The molecule has 0 radical (unpaired) electrons. The maximum Gasteiger partial charge on any atom is 0.0450 e. The molecule has 1 fully saturated rings. The summed E-state index contributed by atoms with van der Waals surface area (Å²) in [4.78, 5) is 4.85. The van der Waals surface area contributed by atoms with Gasteiger partial charge in [0, 0.05) is 30.3 Å². The molecule has 98 valence electrons. The number of piperidine rings is 1. The van der Waals surface area contributed by atoms with E-state index in [1.807, 2.05) is 0 Å². The molecule has 2 nitrogen and oxygen atoms in total. The average molecular weight is 252 g/mol. The average Bonchev–Trinajstić information content (AvgIpc) is 2.49. The molecule has 0 saturated carbocycles. The molecule has 2 aromatic rings. The highest BCUT2D eigenvalue weighted by atomic mass is 14.9. The van der Waals surface area contributed by atoms with Crippen LogP contribution in [0.2, 0.25) is 0 Å². The van der Waals surface area contributed by atoms with Crippen molar-refractivity contribution in [3.8, 4) is 0 Å². The van der Waals surface area contributed by atoms with Crippen molar-refractivity contribution < 1.29 is 0 Å². The van der Waals surface area contributed by atoms with Gasteiger partial charge in [-0.2, -0.15) is 0 Å². The standard InChI is InChI=1S/C17H20N2/c1-2-6-14(7-3-1)12-16-9-4-10-17(19-16)15-8-5-11-18-13-15/h1-4,6-7,9-10,15,18H,5,8,11-13H2. The zero-order valence-electron chi connectivity index (χ0n) is 11.2. The zero-order chi connectivity index (χ0) is 12.9. The van der Waals surface area contributed by atoms with Gasteiger partial charge in [0.15, 0.2) is 0 Å². The van der Waals surface area contributed by atoms with Gasteiger partial charge in [0.05, 0.1) is 0 Å². The summed E-state index contributed by atoms with van der Waals surface area (Å²) >= 11 is 0. The normalized spacial score (nSPS) is 19.3. The molecule has 0 aliphatic carbocycles. The van der Waals surface area contributed by atoms with E-state index in [9.17, 15) is 0 Å². The fourth-order valence-corrected chi connectivity index (χ4v) is 2.73. The molecule has 0 bridgehead atoms. The van der Waals surface area contributed by atoms with Crippen LogP contribution in [0.3, 0.4) is 0 Å². The molecule has 19 heavy (non-hydrogen) atoms. The van der Waals surface area contributed by atoms with Crippen molar-refractivity contribution in [3.05, 3.63) is 65.5 Å². The lowest BCUT2D eigenvalue weighted by atomic mass is 9.95. The van der Waals surface area contributed by atoms with E-state index in [1.165, 1.54) is 29.8 Å². The number of rotatable bonds is 3. The number of hydrogen-bond acceptors (Lipinski definition) is 2. The Hall–Kier alpha value is -1.67. The van der Waals surface area contributed by atoms with Gasteiger partial charge in [-0.3, -0.25) is 4.98 Å². The highest BCUT2D eigenvalue weighted by molar-refractivity contribution is 5.23. The summed E-state index contributed by atoms with van der Waals surface area (Å²) in [6.45, 7) is 2.22. The maximum atomic E-state index is 4.85. The van der Waals surface area contributed by atoms with E-state index in [2.05, 4.69) is 53.8 Å². The van der Waals surface area contributed by atoms with Gasteiger partial charge in [-0.15, -0.1) is 0 Å². The van der Waals surface area contributed by atoms with Gasteiger partial charge in [0.2, 0.25) is 0 Å². The van der Waals surface area contributed by atoms with Crippen LogP contribution in [0.5, 0.6) is 0 Å². The Morgan fingerprint density at radius 1 is 1.05 bits per heavy atom. The van der Waals surface area contributed by atoms with Gasteiger partial charge >= 0.3 is 0 Å². The minimum Gasteiger partial charge on any atom is -0.316 e. The number of hydrogen-bond donors (Lipinski definition) is 1. The van der Waals surface area contributed by atoms with Crippen molar-refractivity contribution in [2.75, 3.05) is 13.1 Å². The van der Waals surface area contributed by atoms with Crippen LogP contribution in [0, 0.1) is 0 Å². The lowest BCUT2D eigenvalue weighted by Gasteiger charge is -2.22. The third-order valence-corrected chi connectivity index (χ3v) is 3.77. The highest BCUT2D eigenvalue weighted by Crippen LogP contribution is 2.22. The van der Waals surface area contributed by atoms with Crippen molar-refractivity contribution in [1.29, 1.82) is 0 Å². The van der Waals surface area contributed by atoms with E-state index < -0.39 is 0 Å². The predicted molar refractivity (Wildman–Crippen MR) is 78.3 cm³/mol. The van der Waals surface area contributed by atoms with E-state index in [4.69, 9.17) is 4.98 Å². The second kappa shape index (κ2) is 5.98. The number of nitrogens with zero attached hydrogens (tertiary/aromatic N) is 1. The van der Waals surface area contributed by atoms with E-state index >= 15 is 0 Å². The second-order valence-corrected chi connectivity index (χ2v) is 5.26. The number of pyridine rings is 1. The fraction of sp³-hybridized carbons (Fsp3) is 0.353. The third-order valence-electron chi connectivity index (χ3n) is 3.77. The Balaban J connectivity index is 1.76. The highest BCUT2D eigenvalue weighted by Gasteiger charge is 2.16. The lowest BCUT2D eigenvalue weighted by molar-refractivity contribution is 0.454. The van der Waals surface area contributed by atoms with Crippen LogP contribution in [0.4, 0.5) is 0 Å². The Labute approximate surface area is 114 Å². The molecule has 1 atom stereocenters. The number of aromatic nitrogens is 1. The number of benzene rings is 1. The van der Waals surface area contributed by atoms with Gasteiger partial charge in [-0.25, -0.2) is 0 Å². The van der Waals surface area contributed by atoms with Gasteiger partial charge in [-0.1, -0.05) is 36.4 Å². The van der Waals surface area contributed by atoms with Crippen molar-refractivity contribution in [2.24, 2.45) is 0 Å². The fourth-order valence-electron chi connectivity index (χ4n) is 2.73. The van der Waals surface area contributed by atoms with Gasteiger partial charge in [-0.05, 0) is 37.1 Å². The smallest absolute Gasteiger partial charge is 0.0450 e. The molecule has 1 aliphatic rings. The minimum atomic E-state index is 0.587. The van der Waals surface area contributed by atoms with Crippen LogP contribution < -0.4 is 5.32 Å². The largest absolute Gasteiger partial charge is 0.316 e. The van der Waals surface area contributed by atoms with Crippen molar-refractivity contribution >= 4 is 0 Å². The van der Waals surface area contributed by atoms with Gasteiger partial charge in [0.1, 0.15) is 0 Å². The van der Waals surface area contributed by atoms with Gasteiger partial charge in [0.25, 0.3) is 0 Å². The number of nitrogens with one attached hydrogen (secondary N) is 1. The molecule has 1 N–H and O–H groups in total. The Morgan fingerprint density at radius 3 is 2.74 bits per heavy atom. The molecule has 1 aliphatic heterocycles. The molecule has 1 saturated heterocycles. The quantitative estimate of drug-likeness (QED) is 0.907. The Bertz CT molecular complexity index is 516. The van der Waals surface area contributed by atoms with Crippen LogP contribution in [-0.4, -0.2) is 18.1 Å². The molecule has 1 unspecified atom stereocenters. The molecule has 1 aromatic carbocycles. The summed E-state index contributed by atoms with van der Waals surface area (Å²) < 4.78 is 0. The zero-order valence-corrected chi connectivity index (χ0v) is 11.2. The summed E-state index contributed by atoms with van der Waals surface area (Å²) in [7, 11) is 0. The monoisotopic (exact) mass is 252 g/mol. The summed E-state index contributed by atoms with van der Waals surface area (Å²) in [6.07, 6.45) is 3.44. The molecular formula is C17H20N2. The maximum absolute atomic E-state index is 4.85. The minimum absolute atomic E-state index is 0.587. The summed E-state index contributed by atoms with van der Waals surface area (Å²) in [5.41, 5.74) is 3.75. The summed E-state index contributed by atoms with van der Waals surface area (Å²) in [5, 5.41) is 3.46. The van der Waals surface area contributed by atoms with E-state index in [0.29, 0.717) is 5.92 Å². The first-order chi connectivity index (χ1) is 9.42. The first-order valence-electron chi connectivity index (χ1n) is 7.12. The van der Waals surface area contributed by atoms with Crippen molar-refractivity contribution in [3.63, 3.8) is 0 Å². The first-order valence-corrected chi connectivity index (χ1v) is 7.12. The SMILES string of the molecule is c1ccc(Cc2cccc(C3CCCNC3)n2)cc1. The topological polar surface area (TPSA) is 24.9 Å². The van der Waals surface area contributed by atoms with Crippen LogP contribution in [0.1, 0.15) is 35.7 Å². The molecule has 2 heteroatoms. The molecule has 0 spiro atoms. The van der Waals surface area contributed by atoms with Crippen LogP contribution in [0.25, 0.3) is 0 Å². The molecule has 1 aromatic heterocycles. The van der Waals surface area contributed by atoms with Gasteiger partial charge < -0.3 is 5.32 Å². The predicted octanol–water partition coefficient (Wildman–Crippen LogP) is 3.14.